The summed E-state index contributed by atoms with van der Waals surface area (Å²) < 4.78 is 10.5. The molecule has 2 heterocycles. The molecule has 1 saturated heterocycles. The van der Waals surface area contributed by atoms with Crippen molar-refractivity contribution in [2.24, 2.45) is 0 Å². The van der Waals surface area contributed by atoms with Crippen molar-refractivity contribution >= 4 is 23.5 Å². The minimum atomic E-state index is -0.885. The Morgan fingerprint density at radius 2 is 2.00 bits per heavy atom. The van der Waals surface area contributed by atoms with E-state index in [9.17, 15) is 14.4 Å². The number of ether oxygens (including phenoxy) is 2. The second-order valence-corrected chi connectivity index (χ2v) is 6.43. The van der Waals surface area contributed by atoms with E-state index in [0.29, 0.717) is 23.6 Å². The van der Waals surface area contributed by atoms with Gasteiger partial charge < -0.3 is 20.1 Å². The Balaban J connectivity index is 1.57. The standard InChI is InChI=1S/C20H22N4O5/c1-28-16-6-5-13(10-17(16)29-2)7-9-24-19(26)15(23-20(24)27)11-18(25)22-14-4-3-8-21-12-14/h3-6,8,10,12,15H,7,9,11H2,1-2H3,(H,22,25)(H,23,27)/t15-/m0/s1. The van der Waals surface area contributed by atoms with Gasteiger partial charge in [-0.1, -0.05) is 6.07 Å². The molecule has 1 atom stereocenters. The Kier molecular flexibility index (Phi) is 6.28. The normalized spacial score (nSPS) is 15.8. The van der Waals surface area contributed by atoms with Gasteiger partial charge in [0, 0.05) is 12.7 Å². The van der Waals surface area contributed by atoms with Crippen molar-refractivity contribution in [3.05, 3.63) is 48.3 Å². The number of nitrogens with zero attached hydrogens (tertiary/aromatic N) is 2. The molecule has 0 unspecified atom stereocenters. The fourth-order valence-electron chi connectivity index (χ4n) is 3.04. The first-order chi connectivity index (χ1) is 14.0. The Bertz CT molecular complexity index is 903. The molecule has 0 spiro atoms. The first kappa shape index (κ1) is 20.1. The molecule has 1 aliphatic heterocycles. The summed E-state index contributed by atoms with van der Waals surface area (Å²) in [6, 6.07) is 7.41. The van der Waals surface area contributed by atoms with Crippen LogP contribution in [0.2, 0.25) is 0 Å². The summed E-state index contributed by atoms with van der Waals surface area (Å²) in [6.07, 6.45) is 3.40. The van der Waals surface area contributed by atoms with Crippen molar-refractivity contribution < 1.29 is 23.9 Å². The maximum Gasteiger partial charge on any atom is 0.324 e. The number of carbonyl (C=O) groups excluding carboxylic acids is 3. The Labute approximate surface area is 168 Å². The van der Waals surface area contributed by atoms with Gasteiger partial charge in [0.2, 0.25) is 5.91 Å². The highest BCUT2D eigenvalue weighted by Crippen LogP contribution is 2.27. The van der Waals surface area contributed by atoms with E-state index >= 15 is 0 Å². The van der Waals surface area contributed by atoms with Crippen LogP contribution in [0.1, 0.15) is 12.0 Å². The molecule has 0 aliphatic carbocycles. The molecule has 3 rings (SSSR count). The summed E-state index contributed by atoms with van der Waals surface area (Å²) in [6.45, 7) is 0.195. The Morgan fingerprint density at radius 3 is 2.69 bits per heavy atom. The molecule has 2 N–H and O–H groups in total. The van der Waals surface area contributed by atoms with Crippen molar-refractivity contribution in [3.8, 4) is 11.5 Å². The average molecular weight is 398 g/mol. The van der Waals surface area contributed by atoms with Crippen molar-refractivity contribution in [2.45, 2.75) is 18.9 Å². The number of nitrogens with one attached hydrogen (secondary N) is 2. The number of benzene rings is 1. The summed E-state index contributed by atoms with van der Waals surface area (Å²) >= 11 is 0. The van der Waals surface area contributed by atoms with Crippen LogP contribution in [0.3, 0.4) is 0 Å². The second-order valence-electron chi connectivity index (χ2n) is 6.43. The van der Waals surface area contributed by atoms with Crippen LogP contribution in [0, 0.1) is 0 Å². The summed E-state index contributed by atoms with van der Waals surface area (Å²) in [5.74, 6) is 0.383. The minimum Gasteiger partial charge on any atom is -0.493 e. The van der Waals surface area contributed by atoms with Crippen LogP contribution in [0.25, 0.3) is 0 Å². The third kappa shape index (κ3) is 4.81. The largest absolute Gasteiger partial charge is 0.493 e. The SMILES string of the molecule is COc1ccc(CCN2C(=O)N[C@@H](CC(=O)Nc3cccnc3)C2=O)cc1OC. The van der Waals surface area contributed by atoms with E-state index < -0.39 is 18.0 Å². The van der Waals surface area contributed by atoms with Crippen LogP contribution in [-0.4, -0.2) is 54.5 Å². The highest BCUT2D eigenvalue weighted by atomic mass is 16.5. The summed E-state index contributed by atoms with van der Waals surface area (Å²) in [5, 5.41) is 5.21. The number of rotatable bonds is 8. The molecule has 0 radical (unpaired) electrons. The van der Waals surface area contributed by atoms with Crippen LogP contribution in [0.15, 0.2) is 42.7 Å². The Morgan fingerprint density at radius 1 is 1.21 bits per heavy atom. The molecule has 0 saturated carbocycles. The molecule has 2 aromatic rings. The molecule has 9 nitrogen and oxygen atoms in total. The second kappa shape index (κ2) is 9.05. The molecular weight excluding hydrogens is 376 g/mol. The van der Waals surface area contributed by atoms with Crippen LogP contribution < -0.4 is 20.1 Å². The van der Waals surface area contributed by atoms with Crippen LogP contribution >= 0.6 is 0 Å². The fourth-order valence-corrected chi connectivity index (χ4v) is 3.04. The number of amides is 4. The number of pyridine rings is 1. The van der Waals surface area contributed by atoms with Gasteiger partial charge in [0.15, 0.2) is 11.5 Å². The molecule has 1 fully saturated rings. The smallest absolute Gasteiger partial charge is 0.324 e. The lowest BCUT2D eigenvalue weighted by Crippen LogP contribution is -2.34. The number of urea groups is 1. The van der Waals surface area contributed by atoms with E-state index in [1.807, 2.05) is 6.07 Å². The maximum atomic E-state index is 12.6. The van der Waals surface area contributed by atoms with Crippen molar-refractivity contribution in [1.29, 1.82) is 0 Å². The van der Waals surface area contributed by atoms with Gasteiger partial charge in [0.05, 0.1) is 32.5 Å². The van der Waals surface area contributed by atoms with E-state index in [1.54, 1.807) is 44.7 Å². The third-order valence-electron chi connectivity index (χ3n) is 4.51. The van der Waals surface area contributed by atoms with Gasteiger partial charge in [0.1, 0.15) is 6.04 Å². The number of hydrogen-bond donors (Lipinski definition) is 2. The third-order valence-corrected chi connectivity index (χ3v) is 4.51. The van der Waals surface area contributed by atoms with Crippen molar-refractivity contribution in [1.82, 2.24) is 15.2 Å². The van der Waals surface area contributed by atoms with Crippen LogP contribution in [-0.2, 0) is 16.0 Å². The van der Waals surface area contributed by atoms with Gasteiger partial charge >= 0.3 is 6.03 Å². The number of hydrogen-bond acceptors (Lipinski definition) is 6. The van der Waals surface area contributed by atoms with E-state index in [0.717, 1.165) is 10.5 Å². The molecule has 152 valence electrons. The number of methoxy groups -OCH3 is 2. The van der Waals surface area contributed by atoms with Gasteiger partial charge in [-0.05, 0) is 36.2 Å². The predicted molar refractivity (Wildman–Crippen MR) is 105 cm³/mol. The highest BCUT2D eigenvalue weighted by Gasteiger charge is 2.38. The maximum absolute atomic E-state index is 12.6. The Hall–Kier alpha value is -3.62. The molecule has 1 aliphatic rings. The first-order valence-electron chi connectivity index (χ1n) is 9.04. The lowest BCUT2D eigenvalue weighted by Gasteiger charge is -2.14. The van der Waals surface area contributed by atoms with Gasteiger partial charge in [-0.3, -0.25) is 19.5 Å². The zero-order valence-electron chi connectivity index (χ0n) is 16.2. The topological polar surface area (TPSA) is 110 Å². The monoisotopic (exact) mass is 398 g/mol. The van der Waals surface area contributed by atoms with E-state index in [2.05, 4.69) is 15.6 Å². The molecule has 9 heteroatoms. The average Bonchev–Trinajstić information content (AvgIpc) is 2.99. The van der Waals surface area contributed by atoms with E-state index in [-0.39, 0.29) is 18.9 Å². The lowest BCUT2D eigenvalue weighted by atomic mass is 10.1. The summed E-state index contributed by atoms with van der Waals surface area (Å²) in [5.41, 5.74) is 1.42. The van der Waals surface area contributed by atoms with Crippen molar-refractivity contribution in [3.63, 3.8) is 0 Å². The van der Waals surface area contributed by atoms with Crippen LogP contribution in [0.4, 0.5) is 10.5 Å². The van der Waals surface area contributed by atoms with Gasteiger partial charge in [0.25, 0.3) is 5.91 Å². The molecular formula is C20H22N4O5. The zero-order chi connectivity index (χ0) is 20.8. The lowest BCUT2D eigenvalue weighted by molar-refractivity contribution is -0.129. The molecule has 1 aromatic heterocycles. The van der Waals surface area contributed by atoms with E-state index in [1.165, 1.54) is 6.20 Å². The highest BCUT2D eigenvalue weighted by molar-refractivity contribution is 6.06. The molecule has 0 bridgehead atoms. The summed E-state index contributed by atoms with van der Waals surface area (Å²) in [7, 11) is 3.09. The number of aromatic nitrogens is 1. The van der Waals surface area contributed by atoms with E-state index in [4.69, 9.17) is 9.47 Å². The molecule has 1 aromatic carbocycles. The summed E-state index contributed by atoms with van der Waals surface area (Å²) in [4.78, 5) is 41.9. The first-order valence-corrected chi connectivity index (χ1v) is 9.04. The number of imide groups is 1. The zero-order valence-corrected chi connectivity index (χ0v) is 16.2. The predicted octanol–water partition coefficient (Wildman–Crippen LogP) is 1.59. The van der Waals surface area contributed by atoms with Gasteiger partial charge in [-0.15, -0.1) is 0 Å². The number of carbonyl (C=O) groups is 3. The van der Waals surface area contributed by atoms with Gasteiger partial charge in [-0.25, -0.2) is 4.79 Å². The van der Waals surface area contributed by atoms with Crippen LogP contribution in [0.5, 0.6) is 11.5 Å². The quantitative estimate of drug-likeness (QED) is 0.654. The molecule has 4 amide bonds. The van der Waals surface area contributed by atoms with Crippen molar-refractivity contribution in [2.75, 3.05) is 26.1 Å². The minimum absolute atomic E-state index is 0.147. The fraction of sp³-hybridized carbons (Fsp3) is 0.300. The molecule has 29 heavy (non-hydrogen) atoms. The number of anilines is 1. The van der Waals surface area contributed by atoms with Gasteiger partial charge in [-0.2, -0.15) is 0 Å².